The van der Waals surface area contributed by atoms with Crippen LogP contribution < -0.4 is 4.90 Å². The van der Waals surface area contributed by atoms with E-state index in [9.17, 15) is 0 Å². The monoisotopic (exact) mass is 312 g/mol. The summed E-state index contributed by atoms with van der Waals surface area (Å²) in [6.45, 7) is 3.58. The third-order valence-electron chi connectivity index (χ3n) is 3.63. The molecule has 3 nitrogen and oxygen atoms in total. The molecular weight excluding hydrogens is 292 g/mol. The van der Waals surface area contributed by atoms with Crippen molar-refractivity contribution in [2.24, 2.45) is 5.92 Å². The maximum absolute atomic E-state index is 9.11. The van der Waals surface area contributed by atoms with Crippen LogP contribution in [0.25, 0.3) is 0 Å². The summed E-state index contributed by atoms with van der Waals surface area (Å²) in [4.78, 5) is 4.69. The third kappa shape index (κ3) is 3.25. The molecule has 1 saturated heterocycles. The van der Waals surface area contributed by atoms with Crippen molar-refractivity contribution in [1.82, 2.24) is 4.90 Å². The molecule has 0 radical (unpaired) electrons. The topological polar surface area (TPSA) is 26.7 Å². The fourth-order valence-electron chi connectivity index (χ4n) is 2.62. The van der Waals surface area contributed by atoms with Gasteiger partial charge in [-0.3, -0.25) is 0 Å². The van der Waals surface area contributed by atoms with E-state index in [0.29, 0.717) is 0 Å². The molecule has 0 saturated carbocycles. The number of nitrogens with zero attached hydrogens (tertiary/aromatic N) is 2. The van der Waals surface area contributed by atoms with Crippen LogP contribution in [0.15, 0.2) is 22.7 Å². The molecule has 1 aromatic carbocycles. The van der Waals surface area contributed by atoms with Gasteiger partial charge in [0.15, 0.2) is 0 Å². The summed E-state index contributed by atoms with van der Waals surface area (Å²) in [5.74, 6) is 0.754. The van der Waals surface area contributed by atoms with E-state index in [-0.39, 0.29) is 6.61 Å². The van der Waals surface area contributed by atoms with Gasteiger partial charge in [0.2, 0.25) is 0 Å². The number of rotatable bonds is 4. The minimum Gasteiger partial charge on any atom is -0.392 e. The van der Waals surface area contributed by atoms with Crippen LogP contribution in [-0.4, -0.2) is 43.7 Å². The average Bonchev–Trinajstić information content (AvgIpc) is 2.74. The first-order valence-electron chi connectivity index (χ1n) is 6.39. The molecule has 0 spiro atoms. The number of aliphatic hydroxyl groups excluding tert-OH is 1. The lowest BCUT2D eigenvalue weighted by atomic mass is 10.1. The second-order valence-electron chi connectivity index (χ2n) is 5.24. The molecule has 0 aliphatic carbocycles. The number of hydrogen-bond acceptors (Lipinski definition) is 3. The van der Waals surface area contributed by atoms with Gasteiger partial charge in [-0.2, -0.15) is 0 Å². The molecule has 1 aliphatic heterocycles. The molecular formula is C14H21BrN2O. The van der Waals surface area contributed by atoms with Crippen molar-refractivity contribution in [3.05, 3.63) is 28.2 Å². The minimum absolute atomic E-state index is 0.0933. The van der Waals surface area contributed by atoms with Gasteiger partial charge >= 0.3 is 0 Å². The van der Waals surface area contributed by atoms with Gasteiger partial charge in [-0.15, -0.1) is 0 Å². The predicted octanol–water partition coefficient (Wildman–Crippen LogP) is 2.33. The van der Waals surface area contributed by atoms with Crippen molar-refractivity contribution >= 4 is 21.6 Å². The van der Waals surface area contributed by atoms with E-state index in [1.165, 1.54) is 25.2 Å². The van der Waals surface area contributed by atoms with Crippen LogP contribution in [0.5, 0.6) is 0 Å². The molecule has 1 aromatic rings. The Morgan fingerprint density at radius 1 is 1.50 bits per heavy atom. The normalized spacial score (nSPS) is 20.3. The number of likely N-dealkylation sites (tertiary alicyclic amines) is 1. The summed E-state index contributed by atoms with van der Waals surface area (Å²) in [7, 11) is 4.32. The van der Waals surface area contributed by atoms with Crippen LogP contribution in [0.1, 0.15) is 12.0 Å². The highest BCUT2D eigenvalue weighted by atomic mass is 79.9. The first kappa shape index (κ1) is 13.8. The van der Waals surface area contributed by atoms with Gasteiger partial charge < -0.3 is 14.9 Å². The lowest BCUT2D eigenvalue weighted by Crippen LogP contribution is -2.27. The van der Waals surface area contributed by atoms with Gasteiger partial charge in [0.1, 0.15) is 0 Å². The largest absolute Gasteiger partial charge is 0.392 e. The zero-order valence-corrected chi connectivity index (χ0v) is 12.7. The van der Waals surface area contributed by atoms with Crippen LogP contribution in [-0.2, 0) is 6.61 Å². The Hall–Kier alpha value is -0.580. The fourth-order valence-corrected chi connectivity index (χ4v) is 3.35. The summed E-state index contributed by atoms with van der Waals surface area (Å²) in [6, 6.07) is 6.05. The fraction of sp³-hybridized carbons (Fsp3) is 0.571. The summed E-state index contributed by atoms with van der Waals surface area (Å²) < 4.78 is 1.06. The number of hydrogen-bond donors (Lipinski definition) is 1. The lowest BCUT2D eigenvalue weighted by molar-refractivity contribution is 0.282. The molecule has 2 rings (SSSR count). The zero-order chi connectivity index (χ0) is 13.1. The highest BCUT2D eigenvalue weighted by Gasteiger charge is 2.21. The number of anilines is 1. The Labute approximate surface area is 118 Å². The van der Waals surface area contributed by atoms with Gasteiger partial charge in [-0.25, -0.2) is 0 Å². The Kier molecular flexibility index (Phi) is 4.65. The van der Waals surface area contributed by atoms with Crippen LogP contribution in [0, 0.1) is 5.92 Å². The quantitative estimate of drug-likeness (QED) is 0.924. The van der Waals surface area contributed by atoms with Crippen LogP contribution in [0.2, 0.25) is 0 Å². The van der Waals surface area contributed by atoms with Crippen molar-refractivity contribution < 1.29 is 5.11 Å². The first-order valence-corrected chi connectivity index (χ1v) is 7.18. The molecule has 1 atom stereocenters. The molecule has 1 fully saturated rings. The molecule has 0 aromatic heterocycles. The molecule has 1 heterocycles. The molecule has 4 heteroatoms. The smallest absolute Gasteiger partial charge is 0.0682 e. The summed E-state index contributed by atoms with van der Waals surface area (Å²) in [5.41, 5.74) is 2.14. The standard InChI is InChI=1S/C14H21BrN2O/c1-16-6-5-12(8-16)9-17(2)14-4-3-11(10-18)7-13(14)15/h3-4,7,12,18H,5-6,8-10H2,1-2H3. The van der Waals surface area contributed by atoms with Crippen LogP contribution in [0.4, 0.5) is 5.69 Å². The highest BCUT2D eigenvalue weighted by Crippen LogP contribution is 2.28. The second kappa shape index (κ2) is 6.04. The first-order chi connectivity index (χ1) is 8.60. The molecule has 1 unspecified atom stereocenters. The number of aliphatic hydroxyl groups is 1. The van der Waals surface area contributed by atoms with Crippen molar-refractivity contribution in [3.63, 3.8) is 0 Å². The molecule has 0 amide bonds. The Bertz CT molecular complexity index is 411. The predicted molar refractivity (Wildman–Crippen MR) is 78.9 cm³/mol. The molecule has 1 aliphatic rings. The van der Waals surface area contributed by atoms with Crippen molar-refractivity contribution in [2.45, 2.75) is 13.0 Å². The molecule has 100 valence electrons. The van der Waals surface area contributed by atoms with Gasteiger partial charge in [-0.1, -0.05) is 6.07 Å². The van der Waals surface area contributed by atoms with E-state index in [0.717, 1.165) is 22.5 Å². The average molecular weight is 313 g/mol. The Balaban J connectivity index is 2.02. The third-order valence-corrected chi connectivity index (χ3v) is 4.26. The maximum Gasteiger partial charge on any atom is 0.0682 e. The molecule has 0 bridgehead atoms. The lowest BCUT2D eigenvalue weighted by Gasteiger charge is -2.24. The van der Waals surface area contributed by atoms with Crippen LogP contribution >= 0.6 is 15.9 Å². The van der Waals surface area contributed by atoms with E-state index in [4.69, 9.17) is 5.11 Å². The summed E-state index contributed by atoms with van der Waals surface area (Å²) in [5, 5.41) is 9.11. The van der Waals surface area contributed by atoms with Crippen molar-refractivity contribution in [2.75, 3.05) is 38.6 Å². The van der Waals surface area contributed by atoms with Crippen molar-refractivity contribution in [1.29, 1.82) is 0 Å². The Morgan fingerprint density at radius 2 is 2.28 bits per heavy atom. The highest BCUT2D eigenvalue weighted by molar-refractivity contribution is 9.10. The van der Waals surface area contributed by atoms with E-state index < -0.39 is 0 Å². The van der Waals surface area contributed by atoms with Gasteiger partial charge in [0, 0.05) is 24.6 Å². The van der Waals surface area contributed by atoms with Gasteiger partial charge in [0.05, 0.1) is 12.3 Å². The van der Waals surface area contributed by atoms with E-state index in [1.54, 1.807) is 0 Å². The number of halogens is 1. The second-order valence-corrected chi connectivity index (χ2v) is 6.10. The zero-order valence-electron chi connectivity index (χ0n) is 11.1. The van der Waals surface area contributed by atoms with Crippen molar-refractivity contribution in [3.8, 4) is 0 Å². The van der Waals surface area contributed by atoms with E-state index in [1.807, 2.05) is 12.1 Å². The summed E-state index contributed by atoms with van der Waals surface area (Å²) >= 11 is 3.59. The minimum atomic E-state index is 0.0933. The Morgan fingerprint density at radius 3 is 2.83 bits per heavy atom. The number of benzene rings is 1. The van der Waals surface area contributed by atoms with Crippen LogP contribution in [0.3, 0.4) is 0 Å². The molecule has 1 N–H and O–H groups in total. The SMILES string of the molecule is CN1CCC(CN(C)c2ccc(CO)cc2Br)C1. The molecule has 18 heavy (non-hydrogen) atoms. The van der Waals surface area contributed by atoms with Gasteiger partial charge in [0.25, 0.3) is 0 Å². The van der Waals surface area contributed by atoms with E-state index >= 15 is 0 Å². The van der Waals surface area contributed by atoms with Gasteiger partial charge in [-0.05, 0) is 59.6 Å². The maximum atomic E-state index is 9.11. The van der Waals surface area contributed by atoms with E-state index in [2.05, 4.69) is 45.9 Å². The summed E-state index contributed by atoms with van der Waals surface area (Å²) in [6.07, 6.45) is 1.28.